The van der Waals surface area contributed by atoms with Gasteiger partial charge in [0.1, 0.15) is 12.2 Å². The van der Waals surface area contributed by atoms with Gasteiger partial charge in [-0.3, -0.25) is 9.58 Å². The first-order valence-corrected chi connectivity index (χ1v) is 6.47. The maximum absolute atomic E-state index is 4.27. The van der Waals surface area contributed by atoms with Gasteiger partial charge in [-0.25, -0.2) is 4.98 Å². The smallest absolute Gasteiger partial charge is 0.140 e. The number of alkyl halides is 1. The van der Waals surface area contributed by atoms with Crippen LogP contribution in [0.2, 0.25) is 0 Å². The van der Waals surface area contributed by atoms with E-state index in [1.54, 1.807) is 6.33 Å². The van der Waals surface area contributed by atoms with Gasteiger partial charge in [-0.1, -0.05) is 22.9 Å². The molecule has 1 aliphatic heterocycles. The van der Waals surface area contributed by atoms with Crippen LogP contribution in [-0.2, 0) is 13.6 Å². The molecule has 0 radical (unpaired) electrons. The number of aromatic nitrogens is 3. The van der Waals surface area contributed by atoms with E-state index in [1.807, 2.05) is 11.7 Å². The molecule has 0 N–H and O–H groups in total. The van der Waals surface area contributed by atoms with Crippen LogP contribution in [0.1, 0.15) is 19.2 Å². The van der Waals surface area contributed by atoms with Gasteiger partial charge in [0.05, 0.1) is 6.54 Å². The Morgan fingerprint density at radius 2 is 2.40 bits per heavy atom. The third kappa shape index (κ3) is 2.23. The summed E-state index contributed by atoms with van der Waals surface area (Å²) in [4.78, 5) is 6.76. The van der Waals surface area contributed by atoms with Gasteiger partial charge < -0.3 is 0 Å². The third-order valence-electron chi connectivity index (χ3n) is 3.31. The first-order valence-electron chi connectivity index (χ1n) is 5.35. The van der Waals surface area contributed by atoms with Crippen molar-refractivity contribution in [3.63, 3.8) is 0 Å². The van der Waals surface area contributed by atoms with Gasteiger partial charge >= 0.3 is 0 Å². The molecule has 2 heterocycles. The maximum Gasteiger partial charge on any atom is 0.140 e. The lowest BCUT2D eigenvalue weighted by molar-refractivity contribution is 0.235. The highest BCUT2D eigenvalue weighted by Gasteiger charge is 2.30. The average molecular weight is 273 g/mol. The first-order chi connectivity index (χ1) is 7.22. The Bertz CT molecular complexity index is 325. The van der Waals surface area contributed by atoms with Gasteiger partial charge in [0.15, 0.2) is 0 Å². The lowest BCUT2D eigenvalue weighted by Gasteiger charge is -2.24. The maximum atomic E-state index is 4.27. The van der Waals surface area contributed by atoms with E-state index in [2.05, 4.69) is 37.8 Å². The lowest BCUT2D eigenvalue weighted by atomic mass is 10.1. The zero-order chi connectivity index (χ0) is 10.8. The fourth-order valence-electron chi connectivity index (χ4n) is 2.18. The minimum absolute atomic E-state index is 0.640. The highest BCUT2D eigenvalue weighted by molar-refractivity contribution is 9.09. The fraction of sp³-hybridized carbons (Fsp3) is 0.800. The molecule has 2 unspecified atom stereocenters. The van der Waals surface area contributed by atoms with E-state index in [9.17, 15) is 0 Å². The molecule has 0 saturated carbocycles. The Morgan fingerprint density at radius 3 is 3.00 bits per heavy atom. The molecular formula is C10H17BrN4. The van der Waals surface area contributed by atoms with E-state index in [0.29, 0.717) is 6.04 Å². The van der Waals surface area contributed by atoms with Gasteiger partial charge in [-0.15, -0.1) is 0 Å². The largest absolute Gasteiger partial charge is 0.292 e. The number of aryl methyl sites for hydroxylation is 1. The summed E-state index contributed by atoms with van der Waals surface area (Å²) >= 11 is 3.60. The number of rotatable bonds is 3. The van der Waals surface area contributed by atoms with Crippen molar-refractivity contribution < 1.29 is 0 Å². The molecule has 5 heteroatoms. The fourth-order valence-corrected chi connectivity index (χ4v) is 3.23. The van der Waals surface area contributed by atoms with Gasteiger partial charge in [-0.05, 0) is 18.9 Å². The van der Waals surface area contributed by atoms with Gasteiger partial charge in [-0.2, -0.15) is 5.10 Å². The van der Waals surface area contributed by atoms with Crippen molar-refractivity contribution in [1.29, 1.82) is 0 Å². The molecule has 0 bridgehead atoms. The molecule has 1 aromatic heterocycles. The van der Waals surface area contributed by atoms with E-state index >= 15 is 0 Å². The van der Waals surface area contributed by atoms with Crippen molar-refractivity contribution >= 4 is 15.9 Å². The molecule has 4 nitrogen and oxygen atoms in total. The molecule has 0 aromatic carbocycles. The minimum Gasteiger partial charge on any atom is -0.292 e. The van der Waals surface area contributed by atoms with Gasteiger partial charge in [0.25, 0.3) is 0 Å². The summed E-state index contributed by atoms with van der Waals surface area (Å²) in [5, 5.41) is 5.14. The molecule has 1 fully saturated rings. The van der Waals surface area contributed by atoms with Crippen molar-refractivity contribution in [2.24, 2.45) is 13.0 Å². The van der Waals surface area contributed by atoms with Gasteiger partial charge in [0, 0.05) is 18.4 Å². The van der Waals surface area contributed by atoms with Crippen molar-refractivity contribution in [3.05, 3.63) is 12.2 Å². The summed E-state index contributed by atoms with van der Waals surface area (Å²) in [5.74, 6) is 1.83. The lowest BCUT2D eigenvalue weighted by Crippen LogP contribution is -2.33. The van der Waals surface area contributed by atoms with Crippen LogP contribution in [0.4, 0.5) is 0 Å². The standard InChI is InChI=1S/C10H17BrN4/c1-8-3-4-15(9(8)5-11)6-10-12-7-13-14(10)2/h7-9H,3-6H2,1-2H3. The van der Waals surface area contributed by atoms with Crippen LogP contribution in [0.25, 0.3) is 0 Å². The van der Waals surface area contributed by atoms with Gasteiger partial charge in [0.2, 0.25) is 0 Å². The van der Waals surface area contributed by atoms with E-state index in [-0.39, 0.29) is 0 Å². The van der Waals surface area contributed by atoms with Crippen LogP contribution >= 0.6 is 15.9 Å². The molecule has 15 heavy (non-hydrogen) atoms. The van der Waals surface area contributed by atoms with E-state index in [4.69, 9.17) is 0 Å². The second kappa shape index (κ2) is 4.61. The average Bonchev–Trinajstić information content (AvgIpc) is 2.76. The summed E-state index contributed by atoms with van der Waals surface area (Å²) in [7, 11) is 1.95. The normalized spacial score (nSPS) is 27.4. The van der Waals surface area contributed by atoms with E-state index in [0.717, 1.165) is 23.6 Å². The molecule has 1 aromatic rings. The molecular weight excluding hydrogens is 256 g/mol. The summed E-state index contributed by atoms with van der Waals surface area (Å²) in [6.07, 6.45) is 2.91. The second-order valence-corrected chi connectivity index (χ2v) is 4.91. The molecule has 84 valence electrons. The summed E-state index contributed by atoms with van der Waals surface area (Å²) in [6, 6.07) is 0.640. The molecule has 2 rings (SSSR count). The predicted octanol–water partition coefficient (Wildman–Crippen LogP) is 1.42. The Hall–Kier alpha value is -0.420. The predicted molar refractivity (Wildman–Crippen MR) is 62.8 cm³/mol. The van der Waals surface area contributed by atoms with Crippen LogP contribution in [0, 0.1) is 5.92 Å². The molecule has 1 saturated heterocycles. The summed E-state index contributed by atoms with van der Waals surface area (Å²) < 4.78 is 1.86. The zero-order valence-electron chi connectivity index (χ0n) is 9.23. The summed E-state index contributed by atoms with van der Waals surface area (Å²) in [5.41, 5.74) is 0. The van der Waals surface area contributed by atoms with E-state index < -0.39 is 0 Å². The van der Waals surface area contributed by atoms with Crippen LogP contribution in [0.15, 0.2) is 6.33 Å². The van der Waals surface area contributed by atoms with Crippen molar-refractivity contribution in [1.82, 2.24) is 19.7 Å². The Labute approximate surface area is 98.8 Å². The Kier molecular flexibility index (Phi) is 3.41. The van der Waals surface area contributed by atoms with Crippen LogP contribution in [0.5, 0.6) is 0 Å². The van der Waals surface area contributed by atoms with Crippen molar-refractivity contribution in [2.75, 3.05) is 11.9 Å². The summed E-state index contributed by atoms with van der Waals surface area (Å²) in [6.45, 7) is 4.41. The van der Waals surface area contributed by atoms with Crippen LogP contribution < -0.4 is 0 Å². The van der Waals surface area contributed by atoms with Crippen molar-refractivity contribution in [2.45, 2.75) is 25.9 Å². The molecule has 0 aliphatic carbocycles. The number of likely N-dealkylation sites (tertiary alicyclic amines) is 1. The quantitative estimate of drug-likeness (QED) is 0.781. The molecule has 0 amide bonds. The molecule has 2 atom stereocenters. The van der Waals surface area contributed by atoms with Crippen LogP contribution in [-0.4, -0.2) is 37.6 Å². The molecule has 0 spiro atoms. The second-order valence-electron chi connectivity index (χ2n) is 4.26. The Morgan fingerprint density at radius 1 is 1.60 bits per heavy atom. The number of nitrogens with zero attached hydrogens (tertiary/aromatic N) is 4. The van der Waals surface area contributed by atoms with Crippen LogP contribution in [0.3, 0.4) is 0 Å². The first kappa shape index (κ1) is 11.1. The zero-order valence-corrected chi connectivity index (χ0v) is 10.8. The highest BCUT2D eigenvalue weighted by atomic mass is 79.9. The number of halogens is 1. The monoisotopic (exact) mass is 272 g/mol. The minimum atomic E-state index is 0.640. The number of hydrogen-bond donors (Lipinski definition) is 0. The number of hydrogen-bond acceptors (Lipinski definition) is 3. The van der Waals surface area contributed by atoms with E-state index in [1.165, 1.54) is 13.0 Å². The highest BCUT2D eigenvalue weighted by Crippen LogP contribution is 2.26. The van der Waals surface area contributed by atoms with Crippen molar-refractivity contribution in [3.8, 4) is 0 Å². The Balaban J connectivity index is 2.03. The molecule has 1 aliphatic rings. The topological polar surface area (TPSA) is 34.0 Å². The SMILES string of the molecule is CC1CCN(Cc2ncnn2C)C1CBr. The third-order valence-corrected chi connectivity index (χ3v) is 3.97.